The van der Waals surface area contributed by atoms with E-state index < -0.39 is 10.4 Å². The molecule has 1 unspecified atom stereocenters. The van der Waals surface area contributed by atoms with Crippen LogP contribution in [0.3, 0.4) is 0 Å². The molecule has 0 aromatic heterocycles. The van der Waals surface area contributed by atoms with Crippen LogP contribution in [-0.2, 0) is 19.9 Å². The minimum absolute atomic E-state index is 0.0950. The van der Waals surface area contributed by atoms with Gasteiger partial charge < -0.3 is 10.5 Å². The molecule has 0 heterocycles. The van der Waals surface area contributed by atoms with E-state index in [-0.39, 0.29) is 12.0 Å². The standard InChI is InChI=1S/C5H11NO2.H2O4S/c1-4(6)3-5(7)8-2;1-5(2,3)4/h4H,3,6H2,1-2H3;(H2,1,2,3,4). The molecule has 0 radical (unpaired) electrons. The summed E-state index contributed by atoms with van der Waals surface area (Å²) in [4.78, 5) is 10.3. The quantitative estimate of drug-likeness (QED) is 0.408. The van der Waals surface area contributed by atoms with Crippen molar-refractivity contribution in [3.05, 3.63) is 0 Å². The highest BCUT2D eigenvalue weighted by atomic mass is 32.3. The third-order valence-electron chi connectivity index (χ3n) is 0.716. The Kier molecular flexibility index (Phi) is 7.72. The lowest BCUT2D eigenvalue weighted by atomic mass is 10.3. The third kappa shape index (κ3) is 34.8. The van der Waals surface area contributed by atoms with E-state index in [0.717, 1.165) is 0 Å². The molecular formula is C5H13NO6S. The third-order valence-corrected chi connectivity index (χ3v) is 0.716. The van der Waals surface area contributed by atoms with Crippen molar-refractivity contribution in [2.24, 2.45) is 5.73 Å². The van der Waals surface area contributed by atoms with Gasteiger partial charge >= 0.3 is 16.4 Å². The molecule has 0 rings (SSSR count). The maximum Gasteiger partial charge on any atom is 0.394 e. The zero-order valence-electron chi connectivity index (χ0n) is 7.30. The fourth-order valence-electron chi connectivity index (χ4n) is 0.346. The Bertz CT molecular complexity index is 225. The van der Waals surface area contributed by atoms with Gasteiger partial charge in [-0.2, -0.15) is 8.42 Å². The normalized spacial score (nSPS) is 12.4. The number of ether oxygens (including phenoxy) is 1. The van der Waals surface area contributed by atoms with Crippen LogP contribution < -0.4 is 5.73 Å². The van der Waals surface area contributed by atoms with Crippen LogP contribution >= 0.6 is 0 Å². The predicted molar refractivity (Wildman–Crippen MR) is 44.5 cm³/mol. The lowest BCUT2D eigenvalue weighted by molar-refractivity contribution is -0.140. The second-order valence-electron chi connectivity index (χ2n) is 2.21. The SMILES string of the molecule is COC(=O)CC(C)N.O=S(=O)(O)O. The van der Waals surface area contributed by atoms with Crippen molar-refractivity contribution in [2.45, 2.75) is 19.4 Å². The zero-order valence-corrected chi connectivity index (χ0v) is 8.11. The molecule has 8 heteroatoms. The lowest BCUT2D eigenvalue weighted by Gasteiger charge is -2.00. The van der Waals surface area contributed by atoms with Crippen molar-refractivity contribution >= 4 is 16.4 Å². The second-order valence-corrected chi connectivity index (χ2v) is 3.10. The van der Waals surface area contributed by atoms with E-state index in [1.807, 2.05) is 0 Å². The van der Waals surface area contributed by atoms with E-state index >= 15 is 0 Å². The van der Waals surface area contributed by atoms with Crippen LogP contribution in [0, 0.1) is 0 Å². The number of nitrogens with two attached hydrogens (primary N) is 1. The van der Waals surface area contributed by atoms with Gasteiger partial charge in [-0.15, -0.1) is 0 Å². The van der Waals surface area contributed by atoms with Crippen molar-refractivity contribution in [3.8, 4) is 0 Å². The van der Waals surface area contributed by atoms with Crippen molar-refractivity contribution in [1.29, 1.82) is 0 Å². The maximum absolute atomic E-state index is 10.3. The summed E-state index contributed by atoms with van der Waals surface area (Å²) in [6.45, 7) is 1.76. The number of carbonyl (C=O) groups is 1. The first kappa shape index (κ1) is 14.8. The molecular weight excluding hydrogens is 202 g/mol. The van der Waals surface area contributed by atoms with Gasteiger partial charge in [-0.1, -0.05) is 0 Å². The van der Waals surface area contributed by atoms with Crippen LogP contribution in [0.25, 0.3) is 0 Å². The highest BCUT2D eigenvalue weighted by Crippen LogP contribution is 1.86. The van der Waals surface area contributed by atoms with Gasteiger partial charge in [-0.3, -0.25) is 13.9 Å². The van der Waals surface area contributed by atoms with Gasteiger partial charge in [0.2, 0.25) is 0 Å². The second kappa shape index (κ2) is 6.78. The molecule has 7 nitrogen and oxygen atoms in total. The average Bonchev–Trinajstić information content (AvgIpc) is 1.82. The molecule has 0 saturated heterocycles. The number of hydrogen-bond acceptors (Lipinski definition) is 5. The number of carbonyl (C=O) groups excluding carboxylic acids is 1. The molecule has 0 amide bonds. The first-order valence-electron chi connectivity index (χ1n) is 3.19. The molecule has 0 saturated carbocycles. The van der Waals surface area contributed by atoms with Crippen molar-refractivity contribution in [1.82, 2.24) is 0 Å². The van der Waals surface area contributed by atoms with Crippen LogP contribution in [0.1, 0.15) is 13.3 Å². The molecule has 13 heavy (non-hydrogen) atoms. The summed E-state index contributed by atoms with van der Waals surface area (Å²) >= 11 is 0. The predicted octanol–water partition coefficient (Wildman–Crippen LogP) is -0.756. The molecule has 4 N–H and O–H groups in total. The van der Waals surface area contributed by atoms with Gasteiger partial charge in [0.15, 0.2) is 0 Å². The largest absolute Gasteiger partial charge is 0.469 e. The Balaban J connectivity index is 0. The highest BCUT2D eigenvalue weighted by Gasteiger charge is 2.01. The maximum atomic E-state index is 10.3. The minimum Gasteiger partial charge on any atom is -0.469 e. The van der Waals surface area contributed by atoms with E-state index in [9.17, 15) is 4.79 Å². The topological polar surface area (TPSA) is 127 Å². The van der Waals surface area contributed by atoms with Crippen molar-refractivity contribution < 1.29 is 27.1 Å². The number of hydrogen-bond donors (Lipinski definition) is 3. The molecule has 80 valence electrons. The average molecular weight is 215 g/mol. The first-order valence-corrected chi connectivity index (χ1v) is 4.58. The van der Waals surface area contributed by atoms with Crippen molar-refractivity contribution in [3.63, 3.8) is 0 Å². The number of rotatable bonds is 2. The van der Waals surface area contributed by atoms with Gasteiger partial charge in [0.05, 0.1) is 13.5 Å². The van der Waals surface area contributed by atoms with Crippen LogP contribution in [0.2, 0.25) is 0 Å². The van der Waals surface area contributed by atoms with Crippen molar-refractivity contribution in [2.75, 3.05) is 7.11 Å². The molecule has 0 aliphatic carbocycles. The highest BCUT2D eigenvalue weighted by molar-refractivity contribution is 7.79. The summed E-state index contributed by atoms with van der Waals surface area (Å²) in [5, 5.41) is 0. The van der Waals surface area contributed by atoms with Gasteiger partial charge in [0.25, 0.3) is 0 Å². The van der Waals surface area contributed by atoms with Gasteiger partial charge in [0.1, 0.15) is 0 Å². The van der Waals surface area contributed by atoms with Crippen LogP contribution in [0.4, 0.5) is 0 Å². The Hall–Kier alpha value is -0.700. The minimum atomic E-state index is -4.67. The van der Waals surface area contributed by atoms with Crippen LogP contribution in [-0.4, -0.2) is 36.6 Å². The molecule has 0 aromatic rings. The summed E-state index contributed by atoms with van der Waals surface area (Å²) in [7, 11) is -3.31. The fraction of sp³-hybridized carbons (Fsp3) is 0.800. The fourth-order valence-corrected chi connectivity index (χ4v) is 0.346. The smallest absolute Gasteiger partial charge is 0.394 e. The number of esters is 1. The summed E-state index contributed by atoms with van der Waals surface area (Å²) < 4.78 is 35.9. The summed E-state index contributed by atoms with van der Waals surface area (Å²) in [5.41, 5.74) is 5.27. The lowest BCUT2D eigenvalue weighted by Crippen LogP contribution is -2.20. The zero-order chi connectivity index (χ0) is 11.1. The first-order chi connectivity index (χ1) is 5.66. The molecule has 0 bridgehead atoms. The summed E-state index contributed by atoms with van der Waals surface area (Å²) in [6.07, 6.45) is 0.302. The van der Waals surface area contributed by atoms with E-state index in [2.05, 4.69) is 4.74 Å². The molecule has 1 atom stereocenters. The molecule has 0 aromatic carbocycles. The van der Waals surface area contributed by atoms with E-state index in [4.69, 9.17) is 23.3 Å². The van der Waals surface area contributed by atoms with Gasteiger partial charge in [-0.25, -0.2) is 0 Å². The Morgan fingerprint density at radius 3 is 1.92 bits per heavy atom. The summed E-state index contributed by atoms with van der Waals surface area (Å²) in [6, 6.07) is -0.0950. The monoisotopic (exact) mass is 215 g/mol. The van der Waals surface area contributed by atoms with Crippen LogP contribution in [0.5, 0.6) is 0 Å². The van der Waals surface area contributed by atoms with E-state index in [0.29, 0.717) is 6.42 Å². The molecule has 0 spiro atoms. The Morgan fingerprint density at radius 2 is 1.85 bits per heavy atom. The van der Waals surface area contributed by atoms with E-state index in [1.54, 1.807) is 6.92 Å². The molecule has 0 aliphatic heterocycles. The van der Waals surface area contributed by atoms with E-state index in [1.165, 1.54) is 7.11 Å². The van der Waals surface area contributed by atoms with Gasteiger partial charge in [-0.05, 0) is 6.92 Å². The number of methoxy groups -OCH3 is 1. The van der Waals surface area contributed by atoms with Gasteiger partial charge in [0, 0.05) is 6.04 Å². The Labute approximate surface area is 76.5 Å². The summed E-state index contributed by atoms with van der Waals surface area (Å²) in [5.74, 6) is -0.250. The Morgan fingerprint density at radius 1 is 1.54 bits per heavy atom. The van der Waals surface area contributed by atoms with Crippen LogP contribution in [0.15, 0.2) is 0 Å². The molecule has 0 fully saturated rings. The molecule has 0 aliphatic rings.